The van der Waals surface area contributed by atoms with Gasteiger partial charge in [-0.25, -0.2) is 8.42 Å². The molecule has 2 aliphatic heterocycles. The Morgan fingerprint density at radius 1 is 1.17 bits per heavy atom. The number of nitrogens with zero attached hydrogens (tertiary/aromatic N) is 3. The van der Waals surface area contributed by atoms with Crippen molar-refractivity contribution in [2.75, 3.05) is 53.5 Å². The summed E-state index contributed by atoms with van der Waals surface area (Å²) < 4.78 is 32.8. The number of sulfonamides is 1. The van der Waals surface area contributed by atoms with E-state index in [9.17, 15) is 23.4 Å². The Balaban J connectivity index is 1.63. The highest BCUT2D eigenvalue weighted by molar-refractivity contribution is 7.89. The quantitative estimate of drug-likeness (QED) is 0.518. The maximum absolute atomic E-state index is 13.9. The number of hydrogen-bond donors (Lipinski definition) is 2. The third-order valence-electron chi connectivity index (χ3n) is 7.12. The van der Waals surface area contributed by atoms with Gasteiger partial charge in [-0.15, -0.1) is 0 Å². The van der Waals surface area contributed by atoms with Crippen LogP contribution in [0.1, 0.15) is 35.9 Å². The lowest BCUT2D eigenvalue weighted by atomic mass is 9.91. The lowest BCUT2D eigenvalue weighted by molar-refractivity contribution is -0.134. The summed E-state index contributed by atoms with van der Waals surface area (Å²) in [5, 5.41) is 19.2. The van der Waals surface area contributed by atoms with Crippen molar-refractivity contribution >= 4 is 15.9 Å². The predicted molar refractivity (Wildman–Crippen MR) is 135 cm³/mol. The van der Waals surface area contributed by atoms with Gasteiger partial charge in [0.05, 0.1) is 36.2 Å². The second-order valence-corrected chi connectivity index (χ2v) is 11.6. The summed E-state index contributed by atoms with van der Waals surface area (Å²) in [7, 11) is -0.618. The monoisotopic (exact) mass is 517 g/mol. The molecule has 2 aliphatic rings. The lowest BCUT2D eigenvalue weighted by Gasteiger charge is -2.36. The van der Waals surface area contributed by atoms with Crippen LogP contribution in [0.3, 0.4) is 0 Å². The second-order valence-electron chi connectivity index (χ2n) is 9.52. The summed E-state index contributed by atoms with van der Waals surface area (Å²) in [6, 6.07) is 14.2. The molecule has 0 radical (unpaired) electrons. The van der Waals surface area contributed by atoms with Crippen molar-refractivity contribution in [3.05, 3.63) is 59.7 Å². The smallest absolute Gasteiger partial charge is 0.242 e. The van der Waals surface area contributed by atoms with Gasteiger partial charge < -0.3 is 19.8 Å². The van der Waals surface area contributed by atoms with E-state index >= 15 is 0 Å². The molecule has 3 unspecified atom stereocenters. The molecular weight excluding hydrogens is 482 g/mol. The molecule has 2 N–H and O–H groups in total. The zero-order valence-corrected chi connectivity index (χ0v) is 21.6. The molecular formula is C26H35N3O6S. The maximum atomic E-state index is 13.9. The summed E-state index contributed by atoms with van der Waals surface area (Å²) in [5.74, 6) is -0.144. The number of aliphatic hydroxyl groups is 2. The van der Waals surface area contributed by atoms with Crippen LogP contribution in [0.25, 0.3) is 0 Å². The number of amides is 1. The van der Waals surface area contributed by atoms with Crippen molar-refractivity contribution in [1.82, 2.24) is 14.1 Å². The number of ether oxygens (including phenoxy) is 1. The van der Waals surface area contributed by atoms with E-state index in [1.54, 1.807) is 18.0 Å². The van der Waals surface area contributed by atoms with Crippen LogP contribution in [0.5, 0.6) is 5.75 Å². The van der Waals surface area contributed by atoms with Crippen LogP contribution in [0, 0.1) is 0 Å². The first-order valence-electron chi connectivity index (χ1n) is 12.3. The van der Waals surface area contributed by atoms with Gasteiger partial charge >= 0.3 is 0 Å². The minimum Gasteiger partial charge on any atom is -0.493 e. The molecule has 36 heavy (non-hydrogen) atoms. The average molecular weight is 518 g/mol. The van der Waals surface area contributed by atoms with Gasteiger partial charge in [-0.2, -0.15) is 4.31 Å². The molecule has 2 aromatic carbocycles. The third kappa shape index (κ3) is 5.57. The molecule has 0 aliphatic carbocycles. The second kappa shape index (κ2) is 11.3. The Labute approximate surface area is 212 Å². The van der Waals surface area contributed by atoms with E-state index in [1.807, 2.05) is 30.3 Å². The molecule has 3 atom stereocenters. The number of likely N-dealkylation sites (tertiary alicyclic amines) is 1. The van der Waals surface area contributed by atoms with Crippen LogP contribution in [0.4, 0.5) is 0 Å². The van der Waals surface area contributed by atoms with Gasteiger partial charge in [0.1, 0.15) is 5.75 Å². The largest absolute Gasteiger partial charge is 0.493 e. The van der Waals surface area contributed by atoms with Crippen LogP contribution in [0.2, 0.25) is 0 Å². The molecule has 0 spiro atoms. The van der Waals surface area contributed by atoms with Crippen LogP contribution in [-0.4, -0.2) is 98.2 Å². The van der Waals surface area contributed by atoms with Crippen LogP contribution < -0.4 is 4.74 Å². The summed E-state index contributed by atoms with van der Waals surface area (Å²) in [5.41, 5.74) is 1.56. The molecule has 0 saturated carbocycles. The van der Waals surface area contributed by atoms with Crippen molar-refractivity contribution in [3.63, 3.8) is 0 Å². The highest BCUT2D eigenvalue weighted by Crippen LogP contribution is 2.38. The van der Waals surface area contributed by atoms with Gasteiger partial charge in [0.2, 0.25) is 15.9 Å². The highest BCUT2D eigenvalue weighted by Gasteiger charge is 2.35. The van der Waals surface area contributed by atoms with Gasteiger partial charge in [-0.3, -0.25) is 9.69 Å². The van der Waals surface area contributed by atoms with Gasteiger partial charge in [-0.05, 0) is 36.6 Å². The molecule has 1 amide bonds. The number of likely N-dealkylation sites (N-methyl/N-ethyl adjacent to an activating group) is 2. The minimum atomic E-state index is -3.82. The Bertz CT molecular complexity index is 1160. The third-order valence-corrected chi connectivity index (χ3v) is 8.97. The average Bonchev–Trinajstić information content (AvgIpc) is 3.31. The number of fused-ring (bicyclic) bond motifs is 1. The Hall–Kier alpha value is -2.50. The summed E-state index contributed by atoms with van der Waals surface area (Å²) in [6.45, 7) is 2.00. The number of carbonyl (C=O) groups excluding carboxylic acids is 1. The molecule has 9 nitrogen and oxygen atoms in total. The number of aliphatic hydroxyl groups excluding tert-OH is 2. The SMILES string of the molecule is CN(C(=O)C1CCOc2ccc(S(=O)(=O)N(C)CCO)cc21)C(CN1CCC(O)C1)c1ccccc1. The van der Waals surface area contributed by atoms with E-state index in [0.29, 0.717) is 43.9 Å². The summed E-state index contributed by atoms with van der Waals surface area (Å²) in [4.78, 5) is 17.9. The van der Waals surface area contributed by atoms with Crippen LogP contribution in [0.15, 0.2) is 53.4 Å². The van der Waals surface area contributed by atoms with Gasteiger partial charge in [0.15, 0.2) is 0 Å². The maximum Gasteiger partial charge on any atom is 0.242 e. The number of carbonyl (C=O) groups is 1. The summed E-state index contributed by atoms with van der Waals surface area (Å²) >= 11 is 0. The fourth-order valence-electron chi connectivity index (χ4n) is 4.98. The number of hydrogen-bond acceptors (Lipinski definition) is 7. The molecule has 0 aromatic heterocycles. The van der Waals surface area contributed by atoms with Crippen LogP contribution in [-0.2, 0) is 14.8 Å². The number of β-amino-alcohol motifs (C(OH)–C–C–N with tert-alkyl or cyclic N) is 1. The molecule has 2 heterocycles. The first kappa shape index (κ1) is 26.6. The predicted octanol–water partition coefficient (Wildman–Crippen LogP) is 1.43. The molecule has 1 saturated heterocycles. The lowest BCUT2D eigenvalue weighted by Crippen LogP contribution is -2.42. The van der Waals surface area contributed by atoms with Crippen molar-refractivity contribution in [1.29, 1.82) is 0 Å². The Morgan fingerprint density at radius 3 is 2.58 bits per heavy atom. The first-order chi connectivity index (χ1) is 17.2. The van der Waals surface area contributed by atoms with E-state index in [2.05, 4.69) is 4.90 Å². The Morgan fingerprint density at radius 2 is 1.92 bits per heavy atom. The molecule has 1 fully saturated rings. The van der Waals surface area contributed by atoms with Crippen molar-refractivity contribution in [3.8, 4) is 5.75 Å². The van der Waals surface area contributed by atoms with Crippen molar-refractivity contribution in [2.24, 2.45) is 0 Å². The molecule has 0 bridgehead atoms. The standard InChI is InChI=1S/C26H35N3O6S/c1-27(13-14-30)36(33,34)21-8-9-25-23(16-21)22(11-15-35-25)26(32)28(2)24(19-6-4-3-5-7-19)18-29-12-10-20(31)17-29/h3-9,16,20,22,24,30-31H,10-15,17-18H2,1-2H3. The molecule has 196 valence electrons. The zero-order chi connectivity index (χ0) is 25.9. The fraction of sp³-hybridized carbons (Fsp3) is 0.500. The van der Waals surface area contributed by atoms with E-state index < -0.39 is 15.9 Å². The first-order valence-corrected chi connectivity index (χ1v) is 13.7. The summed E-state index contributed by atoms with van der Waals surface area (Å²) in [6.07, 6.45) is 0.805. The van der Waals surface area contributed by atoms with Gasteiger partial charge in [-0.1, -0.05) is 30.3 Å². The van der Waals surface area contributed by atoms with Gasteiger partial charge in [0.25, 0.3) is 0 Å². The van der Waals surface area contributed by atoms with E-state index in [-0.39, 0.29) is 36.1 Å². The topological polar surface area (TPSA) is 111 Å². The number of rotatable bonds is 9. The van der Waals surface area contributed by atoms with E-state index in [4.69, 9.17) is 4.74 Å². The molecule has 4 rings (SSSR count). The van der Waals surface area contributed by atoms with Crippen molar-refractivity contribution < 1.29 is 28.2 Å². The number of benzene rings is 2. The van der Waals surface area contributed by atoms with Crippen LogP contribution >= 0.6 is 0 Å². The van der Waals surface area contributed by atoms with Gasteiger partial charge in [0, 0.05) is 45.8 Å². The Kier molecular flexibility index (Phi) is 8.31. The van der Waals surface area contributed by atoms with E-state index in [0.717, 1.165) is 16.4 Å². The zero-order valence-electron chi connectivity index (χ0n) is 20.8. The highest BCUT2D eigenvalue weighted by atomic mass is 32.2. The van der Waals surface area contributed by atoms with E-state index in [1.165, 1.54) is 19.2 Å². The van der Waals surface area contributed by atoms with Crippen molar-refractivity contribution in [2.45, 2.75) is 35.8 Å². The minimum absolute atomic E-state index is 0.0228. The fourth-order valence-corrected chi connectivity index (χ4v) is 6.18. The molecule has 10 heteroatoms. The molecule has 2 aromatic rings. The normalized spacial score (nSPS) is 21.1.